The van der Waals surface area contributed by atoms with Gasteiger partial charge in [-0.25, -0.2) is 13.6 Å². The SMILES string of the molecule is O=C(O)CCC(=O)c1ccc2sc3ccccc3c2c1.O=C(O)c1cc(F)cc(F)c1. The van der Waals surface area contributed by atoms with E-state index in [4.69, 9.17) is 10.2 Å². The van der Waals surface area contributed by atoms with Crippen LogP contribution in [0, 0.1) is 11.6 Å². The Labute approximate surface area is 179 Å². The van der Waals surface area contributed by atoms with Gasteiger partial charge in [0.25, 0.3) is 0 Å². The second-order valence-corrected chi connectivity index (χ2v) is 7.67. The smallest absolute Gasteiger partial charge is 0.335 e. The Morgan fingerprint density at radius 3 is 2.03 bits per heavy atom. The number of halogens is 2. The molecule has 1 aromatic heterocycles. The van der Waals surface area contributed by atoms with Crippen LogP contribution in [0.4, 0.5) is 8.78 Å². The predicted octanol–water partition coefficient (Wildman–Crippen LogP) is 5.77. The zero-order chi connectivity index (χ0) is 22.5. The predicted molar refractivity (Wildman–Crippen MR) is 114 cm³/mol. The van der Waals surface area contributed by atoms with E-state index in [-0.39, 0.29) is 24.2 Å². The Hall–Kier alpha value is -3.65. The van der Waals surface area contributed by atoms with Crippen molar-refractivity contribution in [3.05, 3.63) is 83.4 Å². The molecule has 0 saturated carbocycles. The number of hydrogen-bond acceptors (Lipinski definition) is 4. The fourth-order valence-corrected chi connectivity index (χ4v) is 4.03. The molecular weight excluding hydrogens is 426 g/mol. The number of benzene rings is 3. The Balaban J connectivity index is 0.000000210. The minimum absolute atomic E-state index is 0.0446. The van der Waals surface area contributed by atoms with Crippen molar-refractivity contribution >= 4 is 49.2 Å². The summed E-state index contributed by atoms with van der Waals surface area (Å²) in [4.78, 5) is 32.7. The van der Waals surface area contributed by atoms with Crippen LogP contribution in [0.2, 0.25) is 0 Å². The highest BCUT2D eigenvalue weighted by Crippen LogP contribution is 2.34. The number of Topliss-reactive ketones (excluding diaryl/α,β-unsaturated/α-hetero) is 1. The average molecular weight is 442 g/mol. The van der Waals surface area contributed by atoms with E-state index in [0.717, 1.165) is 27.6 Å². The second-order valence-electron chi connectivity index (χ2n) is 6.59. The summed E-state index contributed by atoms with van der Waals surface area (Å²) in [5.41, 5.74) is 0.199. The molecule has 8 heteroatoms. The fraction of sp³-hybridized carbons (Fsp3) is 0.0870. The van der Waals surface area contributed by atoms with Gasteiger partial charge in [-0.1, -0.05) is 18.2 Å². The van der Waals surface area contributed by atoms with Gasteiger partial charge in [-0.15, -0.1) is 11.3 Å². The Bertz CT molecular complexity index is 1280. The summed E-state index contributed by atoms with van der Waals surface area (Å²) in [5, 5.41) is 19.1. The van der Waals surface area contributed by atoms with Crippen LogP contribution in [-0.4, -0.2) is 27.9 Å². The van der Waals surface area contributed by atoms with Gasteiger partial charge < -0.3 is 10.2 Å². The number of carboxylic acid groups (broad SMARTS) is 2. The standard InChI is InChI=1S/C16H12O3S.C7H4F2O2/c17-13(6-8-16(18)19)10-5-7-15-12(9-10)11-3-1-2-4-14(11)20-15;8-5-1-4(7(10)11)2-6(9)3-5/h1-5,7,9H,6,8H2,(H,18,19);1-3H,(H,10,11). The molecule has 0 aliphatic heterocycles. The molecule has 158 valence electrons. The number of aromatic carboxylic acids is 1. The highest BCUT2D eigenvalue weighted by molar-refractivity contribution is 7.25. The van der Waals surface area contributed by atoms with Crippen LogP contribution < -0.4 is 0 Å². The van der Waals surface area contributed by atoms with E-state index in [1.54, 1.807) is 17.4 Å². The third kappa shape index (κ3) is 5.49. The molecular formula is C23H16F2O5S. The van der Waals surface area contributed by atoms with Gasteiger partial charge in [-0.3, -0.25) is 9.59 Å². The van der Waals surface area contributed by atoms with E-state index in [1.807, 2.05) is 30.3 Å². The Morgan fingerprint density at radius 2 is 1.39 bits per heavy atom. The molecule has 0 amide bonds. The number of carbonyl (C=O) groups excluding carboxylic acids is 1. The van der Waals surface area contributed by atoms with Crippen LogP contribution >= 0.6 is 11.3 Å². The summed E-state index contributed by atoms with van der Waals surface area (Å²) in [6.07, 6.45) is -0.0792. The van der Waals surface area contributed by atoms with Gasteiger partial charge in [0.05, 0.1) is 12.0 Å². The molecule has 0 aliphatic carbocycles. The molecule has 4 rings (SSSR count). The van der Waals surface area contributed by atoms with E-state index >= 15 is 0 Å². The lowest BCUT2D eigenvalue weighted by Crippen LogP contribution is -2.03. The zero-order valence-electron chi connectivity index (χ0n) is 16.0. The van der Waals surface area contributed by atoms with E-state index in [0.29, 0.717) is 11.6 Å². The monoisotopic (exact) mass is 442 g/mol. The lowest BCUT2D eigenvalue weighted by atomic mass is 10.0. The molecule has 2 N–H and O–H groups in total. The van der Waals surface area contributed by atoms with Crippen molar-refractivity contribution in [1.29, 1.82) is 0 Å². The van der Waals surface area contributed by atoms with Crippen LogP contribution in [0.25, 0.3) is 20.2 Å². The number of ketones is 1. The topological polar surface area (TPSA) is 91.7 Å². The molecule has 0 fully saturated rings. The molecule has 0 aliphatic rings. The molecule has 31 heavy (non-hydrogen) atoms. The minimum Gasteiger partial charge on any atom is -0.481 e. The van der Waals surface area contributed by atoms with E-state index < -0.39 is 23.6 Å². The number of rotatable bonds is 5. The van der Waals surface area contributed by atoms with Crippen LogP contribution in [-0.2, 0) is 4.79 Å². The largest absolute Gasteiger partial charge is 0.481 e. The van der Waals surface area contributed by atoms with Crippen molar-refractivity contribution in [2.24, 2.45) is 0 Å². The van der Waals surface area contributed by atoms with E-state index in [9.17, 15) is 23.2 Å². The van der Waals surface area contributed by atoms with Gasteiger partial charge in [0.15, 0.2) is 5.78 Å². The van der Waals surface area contributed by atoms with Gasteiger partial charge in [0.2, 0.25) is 0 Å². The highest BCUT2D eigenvalue weighted by Gasteiger charge is 2.11. The average Bonchev–Trinajstić information content (AvgIpc) is 3.09. The van der Waals surface area contributed by atoms with Gasteiger partial charge in [-0.05, 0) is 36.4 Å². The lowest BCUT2D eigenvalue weighted by Gasteiger charge is -2.00. The first-order valence-corrected chi connectivity index (χ1v) is 9.92. The molecule has 0 radical (unpaired) electrons. The first-order valence-electron chi connectivity index (χ1n) is 9.10. The van der Waals surface area contributed by atoms with Crippen molar-refractivity contribution in [1.82, 2.24) is 0 Å². The zero-order valence-corrected chi connectivity index (χ0v) is 16.8. The van der Waals surface area contributed by atoms with Crippen molar-refractivity contribution in [2.75, 3.05) is 0 Å². The molecule has 0 atom stereocenters. The summed E-state index contributed by atoms with van der Waals surface area (Å²) in [5.74, 6) is -4.18. The maximum Gasteiger partial charge on any atom is 0.335 e. The summed E-state index contributed by atoms with van der Waals surface area (Å²) in [6, 6.07) is 15.8. The molecule has 5 nitrogen and oxygen atoms in total. The van der Waals surface area contributed by atoms with E-state index in [1.165, 1.54) is 4.70 Å². The Morgan fingerprint density at radius 1 is 0.742 bits per heavy atom. The summed E-state index contributed by atoms with van der Waals surface area (Å²) < 4.78 is 26.9. The third-order valence-corrected chi connectivity index (χ3v) is 5.53. The summed E-state index contributed by atoms with van der Waals surface area (Å²) in [7, 11) is 0. The van der Waals surface area contributed by atoms with Crippen LogP contribution in [0.1, 0.15) is 33.6 Å². The Kier molecular flexibility index (Phi) is 6.71. The first-order chi connectivity index (χ1) is 14.7. The van der Waals surface area contributed by atoms with Gasteiger partial charge >= 0.3 is 11.9 Å². The number of fused-ring (bicyclic) bond motifs is 3. The minimum atomic E-state index is -1.34. The number of carboxylic acids is 2. The highest BCUT2D eigenvalue weighted by atomic mass is 32.1. The number of carbonyl (C=O) groups is 3. The maximum absolute atomic E-state index is 12.3. The molecule has 1 heterocycles. The third-order valence-electron chi connectivity index (χ3n) is 4.37. The molecule has 4 aromatic rings. The number of aliphatic carboxylic acids is 1. The van der Waals surface area contributed by atoms with Crippen LogP contribution in [0.15, 0.2) is 60.7 Å². The normalized spacial score (nSPS) is 10.5. The summed E-state index contributed by atoms with van der Waals surface area (Å²) in [6.45, 7) is 0. The second kappa shape index (κ2) is 9.44. The maximum atomic E-state index is 12.3. The van der Waals surface area contributed by atoms with Crippen molar-refractivity contribution in [3.8, 4) is 0 Å². The molecule has 0 saturated heterocycles. The van der Waals surface area contributed by atoms with Crippen LogP contribution in [0.5, 0.6) is 0 Å². The van der Waals surface area contributed by atoms with E-state index in [2.05, 4.69) is 6.07 Å². The first kappa shape index (κ1) is 22.0. The molecule has 3 aromatic carbocycles. The lowest BCUT2D eigenvalue weighted by molar-refractivity contribution is -0.136. The number of hydrogen-bond donors (Lipinski definition) is 2. The van der Waals surface area contributed by atoms with Gasteiger partial charge in [0.1, 0.15) is 11.6 Å². The quantitative estimate of drug-likeness (QED) is 0.383. The van der Waals surface area contributed by atoms with Crippen molar-refractivity contribution in [3.63, 3.8) is 0 Å². The number of thiophene rings is 1. The van der Waals surface area contributed by atoms with Crippen molar-refractivity contribution in [2.45, 2.75) is 12.8 Å². The van der Waals surface area contributed by atoms with Gasteiger partial charge in [0, 0.05) is 38.2 Å². The summed E-state index contributed by atoms with van der Waals surface area (Å²) >= 11 is 1.69. The molecule has 0 unspecified atom stereocenters. The van der Waals surface area contributed by atoms with Gasteiger partial charge in [-0.2, -0.15) is 0 Å². The van der Waals surface area contributed by atoms with Crippen LogP contribution in [0.3, 0.4) is 0 Å². The fourth-order valence-electron chi connectivity index (χ4n) is 2.94. The van der Waals surface area contributed by atoms with Crippen molar-refractivity contribution < 1.29 is 33.4 Å². The molecule has 0 spiro atoms. The molecule has 0 bridgehead atoms.